The van der Waals surface area contributed by atoms with Gasteiger partial charge in [-0.25, -0.2) is 19.9 Å². The summed E-state index contributed by atoms with van der Waals surface area (Å²) in [6.07, 6.45) is 11.2. The number of hydrogen-bond donors (Lipinski definition) is 0. The zero-order chi connectivity index (χ0) is 63.7. The van der Waals surface area contributed by atoms with E-state index < -0.39 is 0 Å². The molecule has 0 aliphatic heterocycles. The molecule has 10 aromatic carbocycles. The number of rotatable bonds is 10. The third kappa shape index (κ3) is 10.4. The molecule has 12 heteroatoms. The van der Waals surface area contributed by atoms with Gasteiger partial charge in [-0.2, -0.15) is 31.5 Å². The highest BCUT2D eigenvalue weighted by Crippen LogP contribution is 2.60. The quantitative estimate of drug-likeness (QED) is 0.127. The molecule has 460 valence electrons. The van der Waals surface area contributed by atoms with Crippen LogP contribution < -0.4 is 0 Å². The standard InChI is InChI=1S/C30H22N2OS.C28H22N2S2.C24H22N2OS/c1-34(2)27-18-10-16-23-22-15-9-17-24(28(22)33-29(23)27)26-19-25(20-11-5-3-6-12-20)31-30(32-26)21-13-7-4-8-14-21;1-32(2)24-14-8-11-19-25-20-15-18(20)16-23(27(25)31-26(19)24)30-22-13-7-6-12-21(22)29-28(30)17-9-4-3-5-10-17;1-4-22-25-18-12-6-7-13-19(18)26(22)20-14-8-10-16-17-11-9-15-21(28(3)5-2)24(17)27-23(16)20/h3-19H,1H2,2H3;3-14,16,18,20H,1,15H2,2H3;5-15H,4H2,1-3H3. The highest BCUT2D eigenvalue weighted by Gasteiger charge is 2.45. The van der Waals surface area contributed by atoms with E-state index in [1.165, 1.54) is 47.8 Å². The number of furan rings is 2. The third-order valence-electron chi connectivity index (χ3n) is 18.1. The lowest BCUT2D eigenvalue weighted by atomic mass is 9.98. The lowest BCUT2D eigenvalue weighted by molar-refractivity contribution is 0.656. The van der Waals surface area contributed by atoms with E-state index in [-0.39, 0.29) is 31.5 Å². The summed E-state index contributed by atoms with van der Waals surface area (Å²) in [5, 5.41) is 8.20. The average Bonchev–Trinajstić information content (AvgIpc) is 1.55. The number of para-hydroxylation sites is 8. The number of fused-ring (bicyclic) bond motifs is 13. The van der Waals surface area contributed by atoms with Gasteiger partial charge in [0.25, 0.3) is 0 Å². The summed E-state index contributed by atoms with van der Waals surface area (Å²) >= 11 is 1.95. The van der Waals surface area contributed by atoms with Gasteiger partial charge < -0.3 is 8.83 Å². The van der Waals surface area contributed by atoms with Crippen molar-refractivity contribution >= 4 is 142 Å². The van der Waals surface area contributed by atoms with Crippen LogP contribution >= 0.6 is 42.8 Å². The van der Waals surface area contributed by atoms with Gasteiger partial charge in [0.05, 0.1) is 49.7 Å². The van der Waals surface area contributed by atoms with E-state index >= 15 is 0 Å². The second-order valence-corrected chi connectivity index (χ2v) is 30.4. The fraction of sp³-hybridized carbons (Fsp3) is 0.110. The Balaban J connectivity index is 0.000000112. The zero-order valence-corrected chi connectivity index (χ0v) is 56.1. The predicted octanol–water partition coefficient (Wildman–Crippen LogP) is 22.2. The summed E-state index contributed by atoms with van der Waals surface area (Å²) < 4.78 is 19.1. The Hall–Kier alpha value is -9.82. The molecule has 1 fully saturated rings. The van der Waals surface area contributed by atoms with Gasteiger partial charge in [0.15, 0.2) is 11.4 Å². The minimum Gasteiger partial charge on any atom is -0.454 e. The Labute approximate surface area is 557 Å². The Bertz CT molecular complexity index is 5700. The van der Waals surface area contributed by atoms with Crippen LogP contribution in [0.3, 0.4) is 0 Å². The van der Waals surface area contributed by atoms with Crippen LogP contribution in [0.2, 0.25) is 0 Å². The fourth-order valence-electron chi connectivity index (χ4n) is 13.4. The number of imidazole rings is 2. The predicted molar refractivity (Wildman–Crippen MR) is 406 cm³/mol. The van der Waals surface area contributed by atoms with E-state index in [4.69, 9.17) is 28.8 Å². The van der Waals surface area contributed by atoms with E-state index in [9.17, 15) is 0 Å². The first-order valence-electron chi connectivity index (χ1n) is 31.6. The van der Waals surface area contributed by atoms with E-state index in [0.717, 1.165) is 117 Å². The van der Waals surface area contributed by atoms with E-state index in [0.29, 0.717) is 17.7 Å². The molecule has 2 aliphatic carbocycles. The average molecular weight is 1300 g/mol. The molecule has 0 bridgehead atoms. The van der Waals surface area contributed by atoms with Crippen LogP contribution in [0.1, 0.15) is 42.5 Å². The lowest BCUT2D eigenvalue weighted by Gasteiger charge is -2.18. The summed E-state index contributed by atoms with van der Waals surface area (Å²) in [4.78, 5) is 25.0. The van der Waals surface area contributed by atoms with Crippen molar-refractivity contribution in [3.63, 3.8) is 0 Å². The molecule has 2 aliphatic rings. The molecule has 8 nitrogen and oxygen atoms in total. The minimum atomic E-state index is -0.158. The van der Waals surface area contributed by atoms with Gasteiger partial charge in [-0.1, -0.05) is 206 Å². The van der Waals surface area contributed by atoms with E-state index in [1.807, 2.05) is 65.9 Å². The van der Waals surface area contributed by atoms with Crippen molar-refractivity contribution in [1.82, 2.24) is 29.1 Å². The van der Waals surface area contributed by atoms with Gasteiger partial charge in [-0.3, -0.25) is 9.13 Å². The number of benzene rings is 10. The van der Waals surface area contributed by atoms with Gasteiger partial charge in [-0.05, 0) is 116 Å². The molecule has 94 heavy (non-hydrogen) atoms. The molecular weight excluding hydrogens is 1230 g/mol. The number of aromatic nitrogens is 6. The van der Waals surface area contributed by atoms with Crippen LogP contribution in [0.15, 0.2) is 266 Å². The van der Waals surface area contributed by atoms with Crippen molar-refractivity contribution < 1.29 is 8.83 Å². The molecular formula is C82H66N6O2S4. The molecule has 18 rings (SSSR count). The summed E-state index contributed by atoms with van der Waals surface area (Å²) in [5.74, 6) is 12.7. The SMILES string of the molecule is C/C=S(/C)c1cccc2c1oc1c(-n3c(CC)nc4ccccc43)cccc12.C=S(C)c1cccc2c1oc1c(-c3cc(-c4ccccc4)nc(-c4ccccc4)n3)cccc12.C=S(C)c1cccc2c3c(sc12)C(n1c(-c2ccccc2)nc2ccccc21)=CC1CC31. The molecule has 5 atom stereocenters. The van der Waals surface area contributed by atoms with E-state index in [1.54, 1.807) is 5.56 Å². The topological polar surface area (TPSA) is 87.7 Å². The number of thiophene rings is 1. The molecule has 1 saturated carbocycles. The largest absolute Gasteiger partial charge is 0.454 e. The van der Waals surface area contributed by atoms with Crippen LogP contribution in [0.5, 0.6) is 0 Å². The fourth-order valence-corrected chi connectivity index (χ4v) is 17.8. The molecule has 6 heterocycles. The first kappa shape index (κ1) is 59.2. The third-order valence-corrected chi connectivity index (χ3v) is 23.4. The number of allylic oxidation sites excluding steroid dienone is 1. The molecule has 16 aromatic rings. The molecule has 0 amide bonds. The maximum atomic E-state index is 6.55. The molecule has 0 saturated heterocycles. The van der Waals surface area contributed by atoms with Gasteiger partial charge in [-0.15, -0.1) is 11.3 Å². The Kier molecular flexibility index (Phi) is 15.5. The summed E-state index contributed by atoms with van der Waals surface area (Å²) in [6, 6.07) is 82.0. The maximum Gasteiger partial charge on any atom is 0.160 e. The van der Waals surface area contributed by atoms with Crippen molar-refractivity contribution in [2.24, 2.45) is 5.92 Å². The van der Waals surface area contributed by atoms with Gasteiger partial charge in [0.2, 0.25) is 0 Å². The highest BCUT2D eigenvalue weighted by atomic mass is 32.2. The molecule has 6 aromatic heterocycles. The van der Waals surface area contributed by atoms with Gasteiger partial charge >= 0.3 is 0 Å². The minimum absolute atomic E-state index is 0.0122. The van der Waals surface area contributed by atoms with Crippen molar-refractivity contribution in [1.29, 1.82) is 0 Å². The van der Waals surface area contributed by atoms with Crippen LogP contribution in [-0.4, -0.2) is 64.9 Å². The molecule has 0 radical (unpaired) electrons. The van der Waals surface area contributed by atoms with Crippen LogP contribution in [0.25, 0.3) is 133 Å². The first-order chi connectivity index (χ1) is 46.1. The zero-order valence-electron chi connectivity index (χ0n) is 52.8. The normalized spacial score (nSPS) is 15.2. The molecule has 5 unspecified atom stereocenters. The first-order valence-corrected chi connectivity index (χ1v) is 37.8. The van der Waals surface area contributed by atoms with Crippen molar-refractivity contribution in [3.8, 4) is 51.0 Å². The molecule has 0 N–H and O–H groups in total. The second-order valence-electron chi connectivity index (χ2n) is 23.9. The summed E-state index contributed by atoms with van der Waals surface area (Å²) in [6.45, 7) is 4.26. The summed E-state index contributed by atoms with van der Waals surface area (Å²) in [5.41, 5.74) is 17.8. The van der Waals surface area contributed by atoms with E-state index in [2.05, 4.69) is 247 Å². The monoisotopic (exact) mass is 1290 g/mol. The van der Waals surface area contributed by atoms with Crippen LogP contribution in [-0.2, 0) is 6.42 Å². The lowest BCUT2D eigenvalue weighted by Crippen LogP contribution is -2.05. The number of hydrogen-bond acceptors (Lipinski definition) is 7. The van der Waals surface area contributed by atoms with Crippen LogP contribution in [0.4, 0.5) is 0 Å². The van der Waals surface area contributed by atoms with Crippen molar-refractivity contribution in [2.45, 2.75) is 47.3 Å². The van der Waals surface area contributed by atoms with Crippen molar-refractivity contribution in [3.05, 3.63) is 259 Å². The Morgan fingerprint density at radius 1 is 0.511 bits per heavy atom. The van der Waals surface area contributed by atoms with Crippen molar-refractivity contribution in [2.75, 3.05) is 18.8 Å². The number of nitrogens with zero attached hydrogens (tertiary/aromatic N) is 6. The Morgan fingerprint density at radius 3 is 1.71 bits per heavy atom. The summed E-state index contributed by atoms with van der Waals surface area (Å²) in [7, 11) is -0.121. The molecule has 0 spiro atoms. The van der Waals surface area contributed by atoms with Gasteiger partial charge in [0.1, 0.15) is 28.4 Å². The van der Waals surface area contributed by atoms with Gasteiger partial charge in [0, 0.05) is 69.6 Å². The Morgan fingerprint density at radius 2 is 1.04 bits per heavy atom. The smallest absolute Gasteiger partial charge is 0.160 e. The second kappa shape index (κ2) is 24.6. The number of aryl methyl sites for hydroxylation is 1. The highest BCUT2D eigenvalue weighted by molar-refractivity contribution is 8.14. The maximum absolute atomic E-state index is 6.55. The van der Waals surface area contributed by atoms with Crippen LogP contribution in [0, 0.1) is 5.92 Å².